The van der Waals surface area contributed by atoms with Gasteiger partial charge in [-0.25, -0.2) is 0 Å². The zero-order chi connectivity index (χ0) is 25.0. The first kappa shape index (κ1) is 21.5. The second-order valence-corrected chi connectivity index (χ2v) is 8.44. The van der Waals surface area contributed by atoms with Crippen LogP contribution < -0.4 is 10.7 Å². The molecule has 6 aromatic rings. The van der Waals surface area contributed by atoms with Crippen molar-refractivity contribution in [2.24, 2.45) is 10.1 Å². The molecule has 6 aromatic carbocycles. The van der Waals surface area contributed by atoms with Crippen molar-refractivity contribution in [1.82, 2.24) is 0 Å². The lowest BCUT2D eigenvalue weighted by molar-refractivity contribution is -0.137. The molecule has 0 radical (unpaired) electrons. The Morgan fingerprint density at radius 2 is 1.28 bits per heavy atom. The van der Waals surface area contributed by atoms with Crippen molar-refractivity contribution in [3.05, 3.63) is 107 Å². The molecular weight excluding hydrogens is 461 g/mol. The third-order valence-electron chi connectivity index (χ3n) is 6.54. The molecule has 0 atom stereocenters. The lowest BCUT2D eigenvalue weighted by atomic mass is 10.0. The predicted octanol–water partition coefficient (Wildman–Crippen LogP) is 6.98. The summed E-state index contributed by atoms with van der Waals surface area (Å²) in [6.45, 7) is 7.38. The number of nitrogens with zero attached hydrogens (tertiary/aromatic N) is 4. The number of fused-ring (bicyclic) bond motifs is 6. The Hall–Kier alpha value is -5.01. The molecule has 36 heavy (non-hydrogen) atoms. The number of benzene rings is 4. The molecule has 0 unspecified atom stereocenters. The fourth-order valence-electron chi connectivity index (χ4n) is 4.99. The second-order valence-electron chi connectivity index (χ2n) is 8.44. The number of rotatable bonds is 1. The molecule has 0 amide bonds. The molecule has 0 heterocycles. The third kappa shape index (κ3) is 3.14. The maximum atomic E-state index is 13.4. The molecule has 0 aliphatic carbocycles. The summed E-state index contributed by atoms with van der Waals surface area (Å²) in [6, 6.07) is 22.9. The summed E-state index contributed by atoms with van der Waals surface area (Å²) in [6.07, 6.45) is -2.79. The molecule has 170 valence electrons. The van der Waals surface area contributed by atoms with Crippen molar-refractivity contribution in [3.8, 4) is 17.3 Å². The van der Waals surface area contributed by atoms with Gasteiger partial charge in [0.1, 0.15) is 0 Å². The predicted molar refractivity (Wildman–Crippen MR) is 133 cm³/mol. The average molecular weight is 474 g/mol. The van der Waals surface area contributed by atoms with Crippen LogP contribution in [0.1, 0.15) is 5.56 Å². The molecule has 7 heteroatoms. The Bertz CT molecular complexity index is 2050. The monoisotopic (exact) mass is 474 g/mol. The Kier molecular flexibility index (Phi) is 4.64. The van der Waals surface area contributed by atoms with E-state index in [1.165, 1.54) is 6.07 Å². The van der Waals surface area contributed by atoms with Crippen molar-refractivity contribution in [2.75, 3.05) is 0 Å². The van der Waals surface area contributed by atoms with Gasteiger partial charge in [0.15, 0.2) is 5.36 Å². The van der Waals surface area contributed by atoms with E-state index in [-0.39, 0.29) is 10.7 Å². The highest BCUT2D eigenvalue weighted by Crippen LogP contribution is 2.36. The van der Waals surface area contributed by atoms with Crippen LogP contribution in [-0.2, 0) is 6.18 Å². The fourth-order valence-corrected chi connectivity index (χ4v) is 4.99. The first-order valence-corrected chi connectivity index (χ1v) is 10.9. The van der Waals surface area contributed by atoms with E-state index < -0.39 is 11.7 Å². The maximum absolute atomic E-state index is 13.4. The van der Waals surface area contributed by atoms with Crippen molar-refractivity contribution >= 4 is 43.1 Å². The third-order valence-corrected chi connectivity index (χ3v) is 6.54. The Balaban J connectivity index is 1.76. The topological polar surface area (TPSA) is 52.9 Å². The summed E-state index contributed by atoms with van der Waals surface area (Å²) in [4.78, 5) is 7.18. The lowest BCUT2D eigenvalue weighted by Crippen LogP contribution is -2.06. The summed E-state index contributed by atoms with van der Waals surface area (Å²) >= 11 is 0. The van der Waals surface area contributed by atoms with Crippen molar-refractivity contribution in [3.63, 3.8) is 0 Å². The van der Waals surface area contributed by atoms with Crippen molar-refractivity contribution < 1.29 is 13.2 Å². The van der Waals surface area contributed by atoms with E-state index in [0.29, 0.717) is 26.9 Å². The summed E-state index contributed by atoms with van der Waals surface area (Å²) in [7, 11) is 0. The van der Waals surface area contributed by atoms with Crippen LogP contribution in [0.4, 0.5) is 13.2 Å². The minimum absolute atomic E-state index is 0.203. The molecule has 4 nitrogen and oxygen atoms in total. The van der Waals surface area contributed by atoms with Gasteiger partial charge in [0.05, 0.1) is 16.0 Å². The largest absolute Gasteiger partial charge is 0.416 e. The van der Waals surface area contributed by atoms with Gasteiger partial charge in [-0.1, -0.05) is 48.5 Å². The fraction of sp³-hybridized carbons (Fsp3) is 0.0345. The molecule has 0 aliphatic rings. The van der Waals surface area contributed by atoms with E-state index in [9.17, 15) is 18.4 Å². The van der Waals surface area contributed by atoms with E-state index >= 15 is 0 Å². The number of hydrogen-bond acceptors (Lipinski definition) is 3. The lowest BCUT2D eigenvalue weighted by Gasteiger charge is -2.06. The molecule has 0 bridgehead atoms. The second kappa shape index (κ2) is 7.76. The Morgan fingerprint density at radius 1 is 0.667 bits per heavy atom. The zero-order valence-corrected chi connectivity index (χ0v) is 18.4. The molecule has 0 N–H and O–H groups in total. The van der Waals surface area contributed by atoms with Crippen LogP contribution in [0.3, 0.4) is 0 Å². The standard InChI is InChI=1S/C29H13F3N4/c1-34-36-28-23-11-17(16-5-3-2-4-6-16)7-9-19(23)22-13-25-21(14-26(22)28)20-10-8-18(29(30,31)32)12-24(20)27(25)35-15-33/h2-14H/b35-27?,36-28+. The molecule has 0 fully saturated rings. The van der Waals surface area contributed by atoms with E-state index in [1.807, 2.05) is 60.7 Å². The van der Waals surface area contributed by atoms with Crippen LogP contribution in [-0.4, -0.2) is 0 Å². The summed E-state index contributed by atoms with van der Waals surface area (Å²) in [5, 5.41) is 19.3. The van der Waals surface area contributed by atoms with Crippen LogP contribution in [0.2, 0.25) is 0 Å². The van der Waals surface area contributed by atoms with E-state index in [0.717, 1.165) is 39.4 Å². The van der Waals surface area contributed by atoms with Crippen LogP contribution in [0.25, 0.3) is 59.2 Å². The van der Waals surface area contributed by atoms with Crippen LogP contribution >= 0.6 is 0 Å². The SMILES string of the molecule is [C-]#[N+]/N=c1\c2cc(-c3ccccc3)ccc2c2cc3c(=NC#N)c4cc(C(F)(F)F)ccc4c3cc12. The van der Waals surface area contributed by atoms with Crippen LogP contribution in [0, 0.1) is 18.0 Å². The summed E-state index contributed by atoms with van der Waals surface area (Å²) in [5.74, 6) is 0. The Morgan fingerprint density at radius 3 is 1.92 bits per heavy atom. The molecule has 0 saturated heterocycles. The van der Waals surface area contributed by atoms with Gasteiger partial charge in [-0.15, -0.1) is 4.95 Å². The highest BCUT2D eigenvalue weighted by molar-refractivity contribution is 6.21. The summed E-state index contributed by atoms with van der Waals surface area (Å²) in [5.41, 5.74) is 1.20. The zero-order valence-electron chi connectivity index (χ0n) is 18.4. The van der Waals surface area contributed by atoms with Gasteiger partial charge < -0.3 is 0 Å². The quantitative estimate of drug-likeness (QED) is 0.144. The molecule has 0 aromatic heterocycles. The van der Waals surface area contributed by atoms with E-state index in [4.69, 9.17) is 6.57 Å². The molecule has 0 saturated carbocycles. The van der Waals surface area contributed by atoms with Crippen molar-refractivity contribution in [2.45, 2.75) is 6.18 Å². The highest BCUT2D eigenvalue weighted by Gasteiger charge is 2.31. The number of alkyl halides is 3. The van der Waals surface area contributed by atoms with Crippen LogP contribution in [0.15, 0.2) is 89.0 Å². The summed E-state index contributed by atoms with van der Waals surface area (Å²) < 4.78 is 40.2. The maximum Gasteiger partial charge on any atom is 0.416 e. The van der Waals surface area contributed by atoms with E-state index in [2.05, 4.69) is 15.0 Å². The smallest absolute Gasteiger partial charge is 0.181 e. The van der Waals surface area contributed by atoms with Gasteiger partial charge in [-0.2, -0.15) is 30.0 Å². The number of hydrogen-bond donors (Lipinski definition) is 0. The van der Waals surface area contributed by atoms with Gasteiger partial charge in [0, 0.05) is 21.5 Å². The van der Waals surface area contributed by atoms with Gasteiger partial charge in [0.25, 0.3) is 0 Å². The van der Waals surface area contributed by atoms with Gasteiger partial charge >= 0.3 is 6.18 Å². The minimum atomic E-state index is -4.52. The average Bonchev–Trinajstić information content (AvgIpc) is 3.35. The van der Waals surface area contributed by atoms with Crippen LogP contribution in [0.5, 0.6) is 0 Å². The minimum Gasteiger partial charge on any atom is -0.181 e. The number of nitriles is 1. The molecular formula is C29H13F3N4. The molecule has 6 rings (SSSR count). The first-order valence-electron chi connectivity index (χ1n) is 10.9. The highest BCUT2D eigenvalue weighted by atomic mass is 19.4. The van der Waals surface area contributed by atoms with Gasteiger partial charge in [-0.3, -0.25) is 0 Å². The first-order chi connectivity index (χ1) is 17.4. The Labute approximate surface area is 202 Å². The molecule has 0 spiro atoms. The molecule has 0 aliphatic heterocycles. The van der Waals surface area contributed by atoms with Gasteiger partial charge in [-0.05, 0) is 63.0 Å². The number of halogens is 3. The normalized spacial score (nSPS) is 13.1. The van der Waals surface area contributed by atoms with Gasteiger partial charge in [0.2, 0.25) is 6.19 Å². The van der Waals surface area contributed by atoms with E-state index in [1.54, 1.807) is 6.19 Å². The van der Waals surface area contributed by atoms with Crippen molar-refractivity contribution in [1.29, 1.82) is 5.26 Å².